The van der Waals surface area contributed by atoms with Gasteiger partial charge in [0.2, 0.25) is 0 Å². The molecule has 0 aliphatic heterocycles. The zero-order valence-corrected chi connectivity index (χ0v) is 12.1. The highest BCUT2D eigenvalue weighted by Gasteiger charge is 2.07. The summed E-state index contributed by atoms with van der Waals surface area (Å²) in [5.74, 6) is 0. The van der Waals surface area contributed by atoms with Crippen LogP contribution in [0.15, 0.2) is 54.7 Å². The quantitative estimate of drug-likeness (QED) is 0.758. The second-order valence-corrected chi connectivity index (χ2v) is 5.08. The van der Waals surface area contributed by atoms with Crippen molar-refractivity contribution in [1.29, 1.82) is 0 Å². The average molecular weight is 277 g/mol. The topological polar surface area (TPSA) is 50.9 Å². The van der Waals surface area contributed by atoms with Crippen LogP contribution in [0.3, 0.4) is 0 Å². The summed E-state index contributed by atoms with van der Waals surface area (Å²) in [5, 5.41) is 4.54. The van der Waals surface area contributed by atoms with E-state index in [0.29, 0.717) is 5.69 Å². The predicted octanol–water partition coefficient (Wildman–Crippen LogP) is 3.99. The lowest BCUT2D eigenvalue weighted by Gasteiger charge is -2.14. The summed E-state index contributed by atoms with van der Waals surface area (Å²) >= 11 is 0. The number of nitrogens with one attached hydrogen (secondary N) is 1. The van der Waals surface area contributed by atoms with E-state index in [1.807, 2.05) is 24.3 Å². The van der Waals surface area contributed by atoms with E-state index in [4.69, 9.17) is 5.73 Å². The minimum Gasteiger partial charge on any atom is -0.396 e. The number of aromatic nitrogens is 1. The smallest absolute Gasteiger partial charge is 0.0743 e. The van der Waals surface area contributed by atoms with Crippen LogP contribution in [0.1, 0.15) is 18.1 Å². The van der Waals surface area contributed by atoms with Crippen LogP contribution >= 0.6 is 0 Å². The number of anilines is 2. The van der Waals surface area contributed by atoms with E-state index < -0.39 is 0 Å². The van der Waals surface area contributed by atoms with Crippen molar-refractivity contribution in [2.45, 2.75) is 19.9 Å². The Morgan fingerprint density at radius 3 is 2.52 bits per heavy atom. The summed E-state index contributed by atoms with van der Waals surface area (Å²) < 4.78 is 0. The van der Waals surface area contributed by atoms with Crippen LogP contribution in [0.4, 0.5) is 11.4 Å². The fourth-order valence-corrected chi connectivity index (χ4v) is 2.61. The Hall–Kier alpha value is -2.55. The first-order chi connectivity index (χ1) is 10.3. The number of nitrogens with zero attached hydrogens (tertiary/aromatic N) is 1. The SMILES string of the molecule is CCc1ccccc1CNc1c(N)cnc2ccccc12. The third-order valence-electron chi connectivity index (χ3n) is 3.76. The first-order valence-corrected chi connectivity index (χ1v) is 7.23. The van der Waals surface area contributed by atoms with E-state index >= 15 is 0 Å². The first kappa shape index (κ1) is 13.4. The summed E-state index contributed by atoms with van der Waals surface area (Å²) in [6.45, 7) is 2.94. The van der Waals surface area contributed by atoms with Gasteiger partial charge in [0.05, 0.1) is 23.1 Å². The van der Waals surface area contributed by atoms with E-state index in [2.05, 4.69) is 41.5 Å². The number of nitrogens with two attached hydrogens (primary N) is 1. The summed E-state index contributed by atoms with van der Waals surface area (Å²) in [6, 6.07) is 16.5. The van der Waals surface area contributed by atoms with Gasteiger partial charge in [-0.15, -0.1) is 0 Å². The minimum atomic E-state index is 0.683. The van der Waals surface area contributed by atoms with Gasteiger partial charge in [0.15, 0.2) is 0 Å². The number of fused-ring (bicyclic) bond motifs is 1. The van der Waals surface area contributed by atoms with Gasteiger partial charge in [0, 0.05) is 11.9 Å². The van der Waals surface area contributed by atoms with Gasteiger partial charge in [-0.25, -0.2) is 0 Å². The molecule has 0 spiro atoms. The first-order valence-electron chi connectivity index (χ1n) is 7.23. The number of benzene rings is 2. The molecule has 21 heavy (non-hydrogen) atoms. The Bertz CT molecular complexity index is 765. The van der Waals surface area contributed by atoms with Crippen molar-refractivity contribution in [3.05, 3.63) is 65.9 Å². The number of aryl methyl sites for hydroxylation is 1. The lowest BCUT2D eigenvalue weighted by Crippen LogP contribution is -2.05. The van der Waals surface area contributed by atoms with E-state index in [-0.39, 0.29) is 0 Å². The van der Waals surface area contributed by atoms with Gasteiger partial charge in [0.1, 0.15) is 0 Å². The molecule has 3 rings (SSSR count). The Morgan fingerprint density at radius 1 is 1.00 bits per heavy atom. The molecule has 3 N–H and O–H groups in total. The molecule has 3 nitrogen and oxygen atoms in total. The molecule has 0 fully saturated rings. The molecule has 1 aromatic heterocycles. The summed E-state index contributed by atoms with van der Waals surface area (Å²) in [4.78, 5) is 4.37. The molecule has 2 aromatic carbocycles. The molecule has 0 aliphatic rings. The molecule has 0 saturated heterocycles. The second-order valence-electron chi connectivity index (χ2n) is 5.08. The van der Waals surface area contributed by atoms with Crippen LogP contribution in [0.5, 0.6) is 0 Å². The predicted molar refractivity (Wildman–Crippen MR) is 89.3 cm³/mol. The molecule has 0 unspecified atom stereocenters. The Balaban J connectivity index is 1.93. The van der Waals surface area contributed by atoms with Gasteiger partial charge >= 0.3 is 0 Å². The van der Waals surface area contributed by atoms with Crippen molar-refractivity contribution >= 4 is 22.3 Å². The number of hydrogen-bond acceptors (Lipinski definition) is 3. The minimum absolute atomic E-state index is 0.683. The number of nitrogen functional groups attached to an aromatic ring is 1. The average Bonchev–Trinajstić information content (AvgIpc) is 2.54. The number of hydrogen-bond donors (Lipinski definition) is 2. The highest BCUT2D eigenvalue weighted by atomic mass is 14.9. The molecular formula is C18H19N3. The molecule has 3 heteroatoms. The molecule has 0 radical (unpaired) electrons. The van der Waals surface area contributed by atoms with E-state index in [1.54, 1.807) is 6.20 Å². The standard InChI is InChI=1S/C18H19N3/c1-2-13-7-3-4-8-14(13)11-21-18-15-9-5-6-10-17(15)20-12-16(18)19/h3-10,12H,2,11,19H2,1H3,(H,20,21). The molecule has 0 bridgehead atoms. The van der Waals surface area contributed by atoms with Gasteiger partial charge in [0.25, 0.3) is 0 Å². The van der Waals surface area contributed by atoms with Crippen LogP contribution in [0, 0.1) is 0 Å². The van der Waals surface area contributed by atoms with Crippen molar-refractivity contribution in [2.75, 3.05) is 11.1 Å². The highest BCUT2D eigenvalue weighted by molar-refractivity contribution is 5.96. The molecular weight excluding hydrogens is 258 g/mol. The fraction of sp³-hybridized carbons (Fsp3) is 0.167. The zero-order valence-electron chi connectivity index (χ0n) is 12.1. The zero-order chi connectivity index (χ0) is 14.7. The van der Waals surface area contributed by atoms with Crippen molar-refractivity contribution in [3.8, 4) is 0 Å². The molecule has 0 aliphatic carbocycles. The summed E-state index contributed by atoms with van der Waals surface area (Å²) in [5.41, 5.74) is 11.4. The maximum atomic E-state index is 6.10. The van der Waals surface area contributed by atoms with Crippen LogP contribution in [-0.2, 0) is 13.0 Å². The van der Waals surface area contributed by atoms with Crippen LogP contribution in [-0.4, -0.2) is 4.98 Å². The molecule has 0 atom stereocenters. The molecule has 0 amide bonds. The van der Waals surface area contributed by atoms with Gasteiger partial charge in [-0.3, -0.25) is 4.98 Å². The van der Waals surface area contributed by atoms with Crippen LogP contribution < -0.4 is 11.1 Å². The Labute approximate surface area is 124 Å². The number of para-hydroxylation sites is 1. The maximum absolute atomic E-state index is 6.10. The lowest BCUT2D eigenvalue weighted by atomic mass is 10.1. The van der Waals surface area contributed by atoms with Crippen molar-refractivity contribution < 1.29 is 0 Å². The maximum Gasteiger partial charge on any atom is 0.0743 e. The van der Waals surface area contributed by atoms with E-state index in [1.165, 1.54) is 11.1 Å². The fourth-order valence-electron chi connectivity index (χ4n) is 2.61. The molecule has 3 aromatic rings. The molecule has 0 saturated carbocycles. The van der Waals surface area contributed by atoms with Crippen molar-refractivity contribution in [1.82, 2.24) is 4.98 Å². The third-order valence-corrected chi connectivity index (χ3v) is 3.76. The summed E-state index contributed by atoms with van der Waals surface area (Å²) in [6.07, 6.45) is 2.75. The van der Waals surface area contributed by atoms with Crippen molar-refractivity contribution in [2.24, 2.45) is 0 Å². The van der Waals surface area contributed by atoms with E-state index in [9.17, 15) is 0 Å². The normalized spacial score (nSPS) is 10.7. The number of rotatable bonds is 4. The van der Waals surface area contributed by atoms with Crippen molar-refractivity contribution in [3.63, 3.8) is 0 Å². The summed E-state index contributed by atoms with van der Waals surface area (Å²) in [7, 11) is 0. The second kappa shape index (κ2) is 5.83. The third kappa shape index (κ3) is 2.68. The van der Waals surface area contributed by atoms with Gasteiger partial charge in [-0.2, -0.15) is 0 Å². The Morgan fingerprint density at radius 2 is 1.71 bits per heavy atom. The van der Waals surface area contributed by atoms with Gasteiger partial charge in [-0.1, -0.05) is 49.4 Å². The lowest BCUT2D eigenvalue weighted by molar-refractivity contribution is 1.05. The van der Waals surface area contributed by atoms with Crippen LogP contribution in [0.2, 0.25) is 0 Å². The monoisotopic (exact) mass is 277 g/mol. The van der Waals surface area contributed by atoms with Gasteiger partial charge < -0.3 is 11.1 Å². The number of pyridine rings is 1. The largest absolute Gasteiger partial charge is 0.396 e. The van der Waals surface area contributed by atoms with E-state index in [0.717, 1.165) is 29.6 Å². The highest BCUT2D eigenvalue weighted by Crippen LogP contribution is 2.28. The Kier molecular flexibility index (Phi) is 3.73. The van der Waals surface area contributed by atoms with Gasteiger partial charge in [-0.05, 0) is 23.6 Å². The molecule has 1 heterocycles. The van der Waals surface area contributed by atoms with Crippen LogP contribution in [0.25, 0.3) is 10.9 Å². The molecule has 106 valence electrons.